The molecule has 0 unspecified atom stereocenters. The number of hydrogen-bond acceptors (Lipinski definition) is 1. The van der Waals surface area contributed by atoms with Crippen molar-refractivity contribution in [1.29, 1.82) is 0 Å². The summed E-state index contributed by atoms with van der Waals surface area (Å²) in [6.45, 7) is -0.942. The number of alkyl halides is 1. The van der Waals surface area contributed by atoms with Crippen LogP contribution in [0.3, 0.4) is 0 Å². The molecule has 1 rings (SSSR count). The van der Waals surface area contributed by atoms with Crippen LogP contribution in [0.5, 0.6) is 0 Å². The second kappa shape index (κ2) is 7.33. The Morgan fingerprint density at radius 2 is 1.53 bits per heavy atom. The van der Waals surface area contributed by atoms with E-state index in [-0.39, 0.29) is 12.2 Å². The molecule has 0 aliphatic heterocycles. The molecule has 0 atom stereocenters. The Morgan fingerprint density at radius 1 is 0.941 bits per heavy atom. The van der Waals surface area contributed by atoms with Crippen LogP contribution >= 0.6 is 0 Å². The van der Waals surface area contributed by atoms with Gasteiger partial charge in [0.05, 0.1) is 13.3 Å². The largest absolute Gasteiger partial charge is 0.391 e. The molecule has 1 aromatic rings. The third-order valence-corrected chi connectivity index (χ3v) is 2.71. The first kappa shape index (κ1) is 14.0. The maximum Gasteiger partial charge on any atom is 0.131 e. The molecule has 0 saturated heterocycles. The van der Waals surface area contributed by atoms with Crippen molar-refractivity contribution in [2.24, 2.45) is 0 Å². The highest BCUT2D eigenvalue weighted by Gasteiger charge is 2.09. The summed E-state index contributed by atoms with van der Waals surface area (Å²) >= 11 is 0. The van der Waals surface area contributed by atoms with Gasteiger partial charge in [-0.25, -0.2) is 8.78 Å². The monoisotopic (exact) mass is 246 g/mol. The lowest BCUT2D eigenvalue weighted by Gasteiger charge is -2.06. The van der Waals surface area contributed by atoms with Gasteiger partial charge < -0.3 is 5.11 Å². The minimum Gasteiger partial charge on any atom is -0.391 e. The molecule has 0 aliphatic carbocycles. The molecule has 0 radical (unpaired) electrons. The van der Waals surface area contributed by atoms with Gasteiger partial charge in [0.25, 0.3) is 0 Å². The van der Waals surface area contributed by atoms with E-state index in [1.165, 1.54) is 12.1 Å². The van der Waals surface area contributed by atoms with Crippen LogP contribution in [0, 0.1) is 11.6 Å². The summed E-state index contributed by atoms with van der Waals surface area (Å²) in [7, 11) is 0. The molecule has 0 aromatic heterocycles. The standard InChI is InChI=1S/C13H17F3O/c14-6-4-2-1-3-5-10-7-12(15)11(9-17)13(16)8-10/h7-8,17H,1-6,9H2. The topological polar surface area (TPSA) is 20.2 Å². The number of aliphatic hydroxyl groups excluding tert-OH is 1. The predicted octanol–water partition coefficient (Wildman–Crippen LogP) is 3.53. The number of aryl methyl sites for hydroxylation is 1. The van der Waals surface area contributed by atoms with Gasteiger partial charge in [0, 0.05) is 5.56 Å². The van der Waals surface area contributed by atoms with E-state index in [0.29, 0.717) is 18.4 Å². The van der Waals surface area contributed by atoms with Gasteiger partial charge in [-0.2, -0.15) is 0 Å². The van der Waals surface area contributed by atoms with Gasteiger partial charge in [0.15, 0.2) is 0 Å². The fourth-order valence-electron chi connectivity index (χ4n) is 1.73. The molecule has 1 nitrogen and oxygen atoms in total. The van der Waals surface area contributed by atoms with Gasteiger partial charge in [-0.15, -0.1) is 0 Å². The maximum absolute atomic E-state index is 13.3. The summed E-state index contributed by atoms with van der Waals surface area (Å²) in [5, 5.41) is 8.75. The maximum atomic E-state index is 13.3. The molecule has 0 amide bonds. The fraction of sp³-hybridized carbons (Fsp3) is 0.538. The van der Waals surface area contributed by atoms with Crippen molar-refractivity contribution in [3.05, 3.63) is 34.9 Å². The van der Waals surface area contributed by atoms with Crippen LogP contribution < -0.4 is 0 Å². The van der Waals surface area contributed by atoms with Crippen LogP contribution in [0.2, 0.25) is 0 Å². The first-order valence-electron chi connectivity index (χ1n) is 5.82. The van der Waals surface area contributed by atoms with E-state index in [4.69, 9.17) is 5.11 Å². The van der Waals surface area contributed by atoms with E-state index in [2.05, 4.69) is 0 Å². The van der Waals surface area contributed by atoms with Crippen molar-refractivity contribution in [2.75, 3.05) is 6.67 Å². The average molecular weight is 246 g/mol. The summed E-state index contributed by atoms with van der Waals surface area (Å²) in [6, 6.07) is 2.51. The molecule has 4 heteroatoms. The van der Waals surface area contributed by atoms with Crippen LogP contribution in [0.4, 0.5) is 13.2 Å². The van der Waals surface area contributed by atoms with Crippen LogP contribution in [0.15, 0.2) is 12.1 Å². The molecule has 96 valence electrons. The van der Waals surface area contributed by atoms with Gasteiger partial charge in [-0.05, 0) is 37.0 Å². The molecule has 0 spiro atoms. The first-order valence-corrected chi connectivity index (χ1v) is 5.82. The van der Waals surface area contributed by atoms with Crippen molar-refractivity contribution in [1.82, 2.24) is 0 Å². The minimum absolute atomic E-state index is 0.286. The average Bonchev–Trinajstić information content (AvgIpc) is 2.28. The van der Waals surface area contributed by atoms with E-state index in [1.807, 2.05) is 0 Å². The van der Waals surface area contributed by atoms with E-state index < -0.39 is 18.2 Å². The number of hydrogen-bond donors (Lipinski definition) is 1. The number of aliphatic hydroxyl groups is 1. The smallest absolute Gasteiger partial charge is 0.131 e. The Labute approximate surface area is 99.3 Å². The van der Waals surface area contributed by atoms with Gasteiger partial charge in [-0.1, -0.05) is 12.8 Å². The van der Waals surface area contributed by atoms with Gasteiger partial charge >= 0.3 is 0 Å². The van der Waals surface area contributed by atoms with Crippen LogP contribution in [0.1, 0.15) is 36.8 Å². The highest BCUT2D eigenvalue weighted by Crippen LogP contribution is 2.17. The third-order valence-electron chi connectivity index (χ3n) is 2.71. The SMILES string of the molecule is OCc1c(F)cc(CCCCCCF)cc1F. The van der Waals surface area contributed by atoms with Crippen molar-refractivity contribution in [2.45, 2.75) is 38.7 Å². The van der Waals surface area contributed by atoms with Crippen LogP contribution in [-0.2, 0) is 13.0 Å². The summed E-state index contributed by atoms with van der Waals surface area (Å²) in [5.41, 5.74) is 0.295. The van der Waals surface area contributed by atoms with E-state index in [0.717, 1.165) is 19.3 Å². The first-order chi connectivity index (χ1) is 8.19. The van der Waals surface area contributed by atoms with Crippen molar-refractivity contribution in [3.63, 3.8) is 0 Å². The molecule has 0 bridgehead atoms. The normalized spacial score (nSPS) is 10.8. The molecule has 17 heavy (non-hydrogen) atoms. The molecule has 0 aliphatic rings. The predicted molar refractivity (Wildman–Crippen MR) is 60.4 cm³/mol. The molecule has 0 saturated carbocycles. The zero-order valence-corrected chi connectivity index (χ0v) is 9.69. The number of benzene rings is 1. The lowest BCUT2D eigenvalue weighted by atomic mass is 10.0. The third kappa shape index (κ3) is 4.38. The van der Waals surface area contributed by atoms with E-state index in [1.54, 1.807) is 0 Å². The van der Waals surface area contributed by atoms with E-state index >= 15 is 0 Å². The van der Waals surface area contributed by atoms with Crippen molar-refractivity contribution >= 4 is 0 Å². The summed E-state index contributed by atoms with van der Waals surface area (Å²) in [4.78, 5) is 0. The molecule has 0 heterocycles. The Morgan fingerprint density at radius 3 is 2.06 bits per heavy atom. The lowest BCUT2D eigenvalue weighted by Crippen LogP contribution is -1.98. The zero-order valence-electron chi connectivity index (χ0n) is 9.69. The van der Waals surface area contributed by atoms with Gasteiger partial charge in [-0.3, -0.25) is 4.39 Å². The Hall–Kier alpha value is -1.03. The van der Waals surface area contributed by atoms with Gasteiger partial charge in [0.1, 0.15) is 11.6 Å². The summed E-state index contributed by atoms with van der Waals surface area (Å²) in [5.74, 6) is -1.41. The van der Waals surface area contributed by atoms with Crippen molar-refractivity contribution < 1.29 is 18.3 Å². The summed E-state index contributed by atoms with van der Waals surface area (Å²) < 4.78 is 38.4. The van der Waals surface area contributed by atoms with E-state index in [9.17, 15) is 13.2 Å². The minimum atomic E-state index is -0.703. The molecule has 0 fully saturated rings. The number of unbranched alkanes of at least 4 members (excludes halogenated alkanes) is 3. The van der Waals surface area contributed by atoms with Crippen LogP contribution in [0.25, 0.3) is 0 Å². The molecular weight excluding hydrogens is 229 g/mol. The molecule has 1 N–H and O–H groups in total. The fourth-order valence-corrected chi connectivity index (χ4v) is 1.73. The highest BCUT2D eigenvalue weighted by molar-refractivity contribution is 5.25. The number of rotatable bonds is 7. The molecular formula is C13H17F3O. The second-order valence-electron chi connectivity index (χ2n) is 4.05. The summed E-state index contributed by atoms with van der Waals surface area (Å²) in [6.07, 6.45) is 3.57. The zero-order chi connectivity index (χ0) is 12.7. The lowest BCUT2D eigenvalue weighted by molar-refractivity contribution is 0.268. The highest BCUT2D eigenvalue weighted by atomic mass is 19.1. The second-order valence-corrected chi connectivity index (χ2v) is 4.05. The van der Waals surface area contributed by atoms with Crippen molar-refractivity contribution in [3.8, 4) is 0 Å². The number of halogens is 3. The van der Waals surface area contributed by atoms with Crippen LogP contribution in [-0.4, -0.2) is 11.8 Å². The Kier molecular flexibility index (Phi) is 6.05. The quantitative estimate of drug-likeness (QED) is 0.730. The Bertz CT molecular complexity index is 330. The van der Waals surface area contributed by atoms with Gasteiger partial charge in [0.2, 0.25) is 0 Å². The Balaban J connectivity index is 2.49. The molecule has 1 aromatic carbocycles.